The average molecular weight is 288 g/mol. The van der Waals surface area contributed by atoms with Crippen LogP contribution in [0.5, 0.6) is 0 Å². The van der Waals surface area contributed by atoms with Crippen LogP contribution in [0.15, 0.2) is 59.6 Å². The molecule has 20 heavy (non-hydrogen) atoms. The van der Waals surface area contributed by atoms with Crippen molar-refractivity contribution >= 4 is 10.0 Å². The first-order valence-corrected chi connectivity index (χ1v) is 8.08. The lowest BCUT2D eigenvalue weighted by molar-refractivity contribution is 0.472. The van der Waals surface area contributed by atoms with E-state index in [1.165, 1.54) is 0 Å². The molecule has 5 heteroatoms. The number of hydrogen-bond donors (Lipinski definition) is 0. The van der Waals surface area contributed by atoms with Gasteiger partial charge in [0.2, 0.25) is 10.0 Å². The summed E-state index contributed by atoms with van der Waals surface area (Å²) in [6, 6.07) is 14.4. The van der Waals surface area contributed by atoms with Crippen LogP contribution in [-0.2, 0) is 10.0 Å². The molecule has 4 nitrogen and oxygen atoms in total. The fourth-order valence-corrected chi connectivity index (χ4v) is 4.07. The van der Waals surface area contributed by atoms with Crippen molar-refractivity contribution in [3.05, 3.63) is 60.4 Å². The van der Waals surface area contributed by atoms with Crippen LogP contribution in [0.1, 0.15) is 18.0 Å². The van der Waals surface area contributed by atoms with Gasteiger partial charge in [-0.1, -0.05) is 24.3 Å². The lowest BCUT2D eigenvalue weighted by atomic mass is 10.0. The van der Waals surface area contributed by atoms with Crippen molar-refractivity contribution < 1.29 is 8.42 Å². The summed E-state index contributed by atoms with van der Waals surface area (Å²) < 4.78 is 26.6. The Labute approximate surface area is 119 Å². The lowest BCUT2D eigenvalue weighted by Gasteiger charge is -2.16. The Morgan fingerprint density at radius 3 is 2.50 bits per heavy atom. The topological polar surface area (TPSA) is 50.3 Å². The Morgan fingerprint density at radius 2 is 1.80 bits per heavy atom. The molecule has 0 saturated carbocycles. The first-order valence-electron chi connectivity index (χ1n) is 6.64. The van der Waals surface area contributed by atoms with E-state index in [9.17, 15) is 8.42 Å². The Hall–Kier alpha value is -1.72. The minimum atomic E-state index is -3.37. The third-order valence-electron chi connectivity index (χ3n) is 3.64. The summed E-state index contributed by atoms with van der Waals surface area (Å²) in [4.78, 5) is 4.69. The van der Waals surface area contributed by atoms with Gasteiger partial charge < -0.3 is 0 Å². The quantitative estimate of drug-likeness (QED) is 0.870. The maximum Gasteiger partial charge on any atom is 0.243 e. The molecule has 2 heterocycles. The van der Waals surface area contributed by atoms with E-state index in [0.29, 0.717) is 18.0 Å². The Kier molecular flexibility index (Phi) is 3.54. The molecular weight excluding hydrogens is 272 g/mol. The zero-order valence-corrected chi connectivity index (χ0v) is 11.8. The minimum absolute atomic E-state index is 0.190. The summed E-state index contributed by atoms with van der Waals surface area (Å²) in [7, 11) is -3.37. The third-order valence-corrected chi connectivity index (χ3v) is 5.52. The molecule has 0 amide bonds. The maximum atomic E-state index is 12.5. The largest absolute Gasteiger partial charge is 0.261 e. The molecule has 1 unspecified atom stereocenters. The molecule has 1 atom stereocenters. The van der Waals surface area contributed by atoms with Crippen LogP contribution in [0.3, 0.4) is 0 Å². The van der Waals surface area contributed by atoms with Gasteiger partial charge in [-0.15, -0.1) is 0 Å². The smallest absolute Gasteiger partial charge is 0.243 e. The molecule has 2 aromatic rings. The average Bonchev–Trinajstić information content (AvgIpc) is 3.00. The Balaban J connectivity index is 1.81. The molecule has 104 valence electrons. The van der Waals surface area contributed by atoms with Crippen molar-refractivity contribution in [3.8, 4) is 0 Å². The molecule has 0 bridgehead atoms. The molecule has 1 aliphatic rings. The molecular formula is C15H16N2O2S. The Bertz CT molecular complexity index is 672. The lowest BCUT2D eigenvalue weighted by Crippen LogP contribution is -2.28. The zero-order chi connectivity index (χ0) is 14.0. The summed E-state index contributed by atoms with van der Waals surface area (Å²) in [5, 5.41) is 0. The first kappa shape index (κ1) is 13.3. The molecule has 0 spiro atoms. The van der Waals surface area contributed by atoms with Crippen LogP contribution >= 0.6 is 0 Å². The van der Waals surface area contributed by atoms with Gasteiger partial charge in [0.15, 0.2) is 0 Å². The van der Waals surface area contributed by atoms with Crippen LogP contribution in [0.2, 0.25) is 0 Å². The van der Waals surface area contributed by atoms with Crippen molar-refractivity contribution in [2.45, 2.75) is 17.2 Å². The number of sulfonamides is 1. The molecule has 3 rings (SSSR count). The molecule has 0 radical (unpaired) electrons. The van der Waals surface area contributed by atoms with Crippen molar-refractivity contribution in [1.82, 2.24) is 9.29 Å². The van der Waals surface area contributed by atoms with Gasteiger partial charge in [-0.3, -0.25) is 4.98 Å². The van der Waals surface area contributed by atoms with Crippen LogP contribution in [0.25, 0.3) is 0 Å². The van der Waals surface area contributed by atoms with Crippen molar-refractivity contribution in [3.63, 3.8) is 0 Å². The molecule has 0 N–H and O–H groups in total. The summed E-state index contributed by atoms with van der Waals surface area (Å²) in [6.07, 6.45) is 2.58. The summed E-state index contributed by atoms with van der Waals surface area (Å²) in [6.45, 7) is 1.06. The number of aromatic nitrogens is 1. The predicted molar refractivity (Wildman–Crippen MR) is 76.8 cm³/mol. The molecule has 1 aromatic heterocycles. The van der Waals surface area contributed by atoms with Gasteiger partial charge in [-0.2, -0.15) is 4.31 Å². The highest BCUT2D eigenvalue weighted by atomic mass is 32.2. The highest BCUT2D eigenvalue weighted by molar-refractivity contribution is 7.89. The van der Waals surface area contributed by atoms with Gasteiger partial charge in [-0.05, 0) is 30.7 Å². The van der Waals surface area contributed by atoms with Crippen molar-refractivity contribution in [2.24, 2.45) is 0 Å². The number of benzene rings is 1. The monoisotopic (exact) mass is 288 g/mol. The maximum absolute atomic E-state index is 12.5. The van der Waals surface area contributed by atoms with Crippen LogP contribution < -0.4 is 0 Å². The number of hydrogen-bond acceptors (Lipinski definition) is 3. The molecule has 0 aliphatic carbocycles. The molecule has 1 aliphatic heterocycles. The second-order valence-electron chi connectivity index (χ2n) is 4.92. The van der Waals surface area contributed by atoms with Gasteiger partial charge in [0.1, 0.15) is 0 Å². The van der Waals surface area contributed by atoms with E-state index in [-0.39, 0.29) is 5.92 Å². The summed E-state index contributed by atoms with van der Waals surface area (Å²) >= 11 is 0. The van der Waals surface area contributed by atoms with Crippen molar-refractivity contribution in [2.75, 3.05) is 13.1 Å². The fourth-order valence-electron chi connectivity index (χ4n) is 2.55. The number of pyridine rings is 1. The molecule has 1 saturated heterocycles. The number of rotatable bonds is 3. The van der Waals surface area contributed by atoms with Crippen LogP contribution in [0.4, 0.5) is 0 Å². The van der Waals surface area contributed by atoms with E-state index in [1.807, 2.05) is 24.3 Å². The zero-order valence-electron chi connectivity index (χ0n) is 11.0. The van der Waals surface area contributed by atoms with E-state index in [2.05, 4.69) is 4.98 Å². The summed E-state index contributed by atoms with van der Waals surface area (Å²) in [5.74, 6) is 0.190. The number of nitrogens with zero attached hydrogens (tertiary/aromatic N) is 2. The van der Waals surface area contributed by atoms with Gasteiger partial charge in [0.25, 0.3) is 0 Å². The highest BCUT2D eigenvalue weighted by Gasteiger charge is 2.33. The van der Waals surface area contributed by atoms with Gasteiger partial charge in [0, 0.05) is 30.9 Å². The second-order valence-corrected chi connectivity index (χ2v) is 6.85. The standard InChI is InChI=1S/C15H16N2O2S/c18-20(19,14-6-2-1-3-7-14)17-11-9-13(12-17)15-8-4-5-10-16-15/h1-8,10,13H,9,11-12H2. The van der Waals surface area contributed by atoms with E-state index in [4.69, 9.17) is 0 Å². The van der Waals surface area contributed by atoms with E-state index >= 15 is 0 Å². The Morgan fingerprint density at radius 1 is 1.05 bits per heavy atom. The van der Waals surface area contributed by atoms with Crippen LogP contribution in [-0.4, -0.2) is 30.8 Å². The molecule has 1 fully saturated rings. The predicted octanol–water partition coefficient (Wildman–Crippen LogP) is 2.26. The van der Waals surface area contributed by atoms with E-state index in [0.717, 1.165) is 12.1 Å². The SMILES string of the molecule is O=S(=O)(c1ccccc1)N1CCC(c2ccccn2)C1. The second kappa shape index (κ2) is 5.34. The van der Waals surface area contributed by atoms with Gasteiger partial charge in [-0.25, -0.2) is 8.42 Å². The highest BCUT2D eigenvalue weighted by Crippen LogP contribution is 2.29. The normalized spacial score (nSPS) is 20.1. The first-order chi connectivity index (χ1) is 9.68. The molecule has 1 aromatic carbocycles. The van der Waals surface area contributed by atoms with Gasteiger partial charge in [0.05, 0.1) is 4.90 Å². The minimum Gasteiger partial charge on any atom is -0.261 e. The van der Waals surface area contributed by atoms with Crippen LogP contribution in [0, 0.1) is 0 Å². The third kappa shape index (κ3) is 2.46. The van der Waals surface area contributed by atoms with Crippen molar-refractivity contribution in [1.29, 1.82) is 0 Å². The van der Waals surface area contributed by atoms with E-state index < -0.39 is 10.0 Å². The fraction of sp³-hybridized carbons (Fsp3) is 0.267. The summed E-state index contributed by atoms with van der Waals surface area (Å²) in [5.41, 5.74) is 0.971. The van der Waals surface area contributed by atoms with E-state index in [1.54, 1.807) is 34.8 Å². The van der Waals surface area contributed by atoms with Gasteiger partial charge >= 0.3 is 0 Å².